The lowest BCUT2D eigenvalue weighted by molar-refractivity contribution is 0.0952. The van der Waals surface area contributed by atoms with Crippen molar-refractivity contribution < 1.29 is 4.79 Å². The van der Waals surface area contributed by atoms with Crippen LogP contribution in [0.3, 0.4) is 0 Å². The average Bonchev–Trinajstić information content (AvgIpc) is 2.38. The van der Waals surface area contributed by atoms with Crippen LogP contribution in [0.4, 0.5) is 5.82 Å². The molecule has 0 saturated heterocycles. The number of aromatic nitrogens is 1. The van der Waals surface area contributed by atoms with Crippen molar-refractivity contribution in [1.82, 2.24) is 10.3 Å². The van der Waals surface area contributed by atoms with Gasteiger partial charge in [-0.2, -0.15) is 0 Å². The highest BCUT2D eigenvalue weighted by Crippen LogP contribution is 2.12. The standard InChI is InChI=1S/C16H27N3O/c1-12(2)7-10-18-15-14(6-5-9-17-15)16(20)19-11-8-13(3)4/h5-6,9,12-13H,7-8,10-11H2,1-4H3,(H,17,18)(H,19,20). The summed E-state index contributed by atoms with van der Waals surface area (Å²) in [4.78, 5) is 16.4. The number of carbonyl (C=O) groups excluding carboxylic acids is 1. The van der Waals surface area contributed by atoms with Gasteiger partial charge >= 0.3 is 0 Å². The first-order valence-electron chi connectivity index (χ1n) is 7.47. The van der Waals surface area contributed by atoms with Crippen molar-refractivity contribution >= 4 is 11.7 Å². The third-order valence-corrected chi connectivity index (χ3v) is 3.07. The molecular weight excluding hydrogens is 250 g/mol. The van der Waals surface area contributed by atoms with Gasteiger partial charge < -0.3 is 10.6 Å². The summed E-state index contributed by atoms with van der Waals surface area (Å²) in [6.45, 7) is 10.2. The second kappa shape index (κ2) is 8.56. The summed E-state index contributed by atoms with van der Waals surface area (Å²) >= 11 is 0. The lowest BCUT2D eigenvalue weighted by Gasteiger charge is -2.12. The largest absolute Gasteiger partial charge is 0.369 e. The molecule has 0 bridgehead atoms. The molecule has 0 atom stereocenters. The first kappa shape index (κ1) is 16.5. The minimum Gasteiger partial charge on any atom is -0.369 e. The van der Waals surface area contributed by atoms with Crippen LogP contribution in [-0.4, -0.2) is 24.0 Å². The van der Waals surface area contributed by atoms with Crippen LogP contribution < -0.4 is 10.6 Å². The molecule has 0 radical (unpaired) electrons. The highest BCUT2D eigenvalue weighted by atomic mass is 16.1. The van der Waals surface area contributed by atoms with Crippen molar-refractivity contribution in [3.8, 4) is 0 Å². The van der Waals surface area contributed by atoms with Crippen LogP contribution >= 0.6 is 0 Å². The van der Waals surface area contributed by atoms with E-state index in [1.54, 1.807) is 12.3 Å². The van der Waals surface area contributed by atoms with Crippen LogP contribution in [0.1, 0.15) is 50.9 Å². The van der Waals surface area contributed by atoms with Gasteiger partial charge in [0.2, 0.25) is 0 Å². The molecule has 4 heteroatoms. The van der Waals surface area contributed by atoms with E-state index >= 15 is 0 Å². The zero-order valence-corrected chi connectivity index (χ0v) is 13.1. The minimum absolute atomic E-state index is 0.0502. The predicted octanol–water partition coefficient (Wildman–Crippen LogP) is 3.32. The Balaban J connectivity index is 2.57. The molecule has 1 aromatic heterocycles. The molecule has 0 fully saturated rings. The van der Waals surface area contributed by atoms with E-state index in [9.17, 15) is 4.79 Å². The maximum atomic E-state index is 12.2. The van der Waals surface area contributed by atoms with Crippen LogP contribution in [-0.2, 0) is 0 Å². The molecule has 1 rings (SSSR count). The summed E-state index contributed by atoms with van der Waals surface area (Å²) in [5.41, 5.74) is 0.625. The Morgan fingerprint density at radius 2 is 1.80 bits per heavy atom. The van der Waals surface area contributed by atoms with Gasteiger partial charge in [-0.05, 0) is 36.8 Å². The second-order valence-corrected chi connectivity index (χ2v) is 5.95. The summed E-state index contributed by atoms with van der Waals surface area (Å²) in [5, 5.41) is 6.20. The highest BCUT2D eigenvalue weighted by molar-refractivity contribution is 5.98. The summed E-state index contributed by atoms with van der Waals surface area (Å²) in [7, 11) is 0. The smallest absolute Gasteiger partial charge is 0.255 e. The van der Waals surface area contributed by atoms with Crippen molar-refractivity contribution in [1.29, 1.82) is 0 Å². The van der Waals surface area contributed by atoms with E-state index in [-0.39, 0.29) is 5.91 Å². The molecule has 2 N–H and O–H groups in total. The van der Waals surface area contributed by atoms with Crippen molar-refractivity contribution in [3.05, 3.63) is 23.9 Å². The molecule has 0 aliphatic rings. The summed E-state index contributed by atoms with van der Waals surface area (Å²) in [6, 6.07) is 3.61. The van der Waals surface area contributed by atoms with Gasteiger partial charge in [-0.15, -0.1) is 0 Å². The summed E-state index contributed by atoms with van der Waals surface area (Å²) in [5.74, 6) is 1.85. The van der Waals surface area contributed by atoms with Crippen LogP contribution in [0.2, 0.25) is 0 Å². The molecule has 1 aromatic rings. The van der Waals surface area contributed by atoms with Gasteiger partial charge in [0, 0.05) is 19.3 Å². The van der Waals surface area contributed by atoms with Crippen molar-refractivity contribution in [2.24, 2.45) is 11.8 Å². The maximum Gasteiger partial charge on any atom is 0.255 e. The summed E-state index contributed by atoms with van der Waals surface area (Å²) < 4.78 is 0. The van der Waals surface area contributed by atoms with E-state index in [1.807, 2.05) is 6.07 Å². The van der Waals surface area contributed by atoms with Crippen molar-refractivity contribution in [2.45, 2.75) is 40.5 Å². The average molecular weight is 277 g/mol. The fourth-order valence-electron chi connectivity index (χ4n) is 1.78. The third-order valence-electron chi connectivity index (χ3n) is 3.07. The maximum absolute atomic E-state index is 12.2. The van der Waals surface area contributed by atoms with E-state index in [0.717, 1.165) is 19.4 Å². The zero-order valence-electron chi connectivity index (χ0n) is 13.1. The topological polar surface area (TPSA) is 54.0 Å². The molecule has 0 spiro atoms. The van der Waals surface area contributed by atoms with Gasteiger partial charge in [-0.3, -0.25) is 4.79 Å². The Morgan fingerprint density at radius 3 is 2.45 bits per heavy atom. The van der Waals surface area contributed by atoms with Crippen LogP contribution in [0.5, 0.6) is 0 Å². The van der Waals surface area contributed by atoms with Crippen LogP contribution in [0.25, 0.3) is 0 Å². The molecule has 112 valence electrons. The van der Waals surface area contributed by atoms with E-state index in [1.165, 1.54) is 0 Å². The van der Waals surface area contributed by atoms with Gasteiger partial charge in [0.05, 0.1) is 5.56 Å². The van der Waals surface area contributed by atoms with E-state index in [4.69, 9.17) is 0 Å². The number of amides is 1. The molecule has 0 aliphatic carbocycles. The van der Waals surface area contributed by atoms with Crippen LogP contribution in [0.15, 0.2) is 18.3 Å². The fraction of sp³-hybridized carbons (Fsp3) is 0.625. The molecule has 0 aromatic carbocycles. The number of hydrogen-bond acceptors (Lipinski definition) is 3. The lowest BCUT2D eigenvalue weighted by Crippen LogP contribution is -2.26. The molecule has 0 saturated carbocycles. The number of carbonyl (C=O) groups is 1. The number of pyridine rings is 1. The van der Waals surface area contributed by atoms with Gasteiger partial charge in [0.15, 0.2) is 0 Å². The van der Waals surface area contributed by atoms with Gasteiger partial charge in [-0.25, -0.2) is 4.98 Å². The highest BCUT2D eigenvalue weighted by Gasteiger charge is 2.11. The van der Waals surface area contributed by atoms with Gasteiger partial charge in [0.25, 0.3) is 5.91 Å². The third kappa shape index (κ3) is 6.04. The monoisotopic (exact) mass is 277 g/mol. The lowest BCUT2D eigenvalue weighted by atomic mass is 10.1. The molecule has 20 heavy (non-hydrogen) atoms. The predicted molar refractivity (Wildman–Crippen MR) is 84.0 cm³/mol. The second-order valence-electron chi connectivity index (χ2n) is 5.95. The van der Waals surface area contributed by atoms with Crippen molar-refractivity contribution in [3.63, 3.8) is 0 Å². The quantitative estimate of drug-likeness (QED) is 0.766. The molecular formula is C16H27N3O. The number of hydrogen-bond donors (Lipinski definition) is 2. The Morgan fingerprint density at radius 1 is 1.15 bits per heavy atom. The first-order chi connectivity index (χ1) is 9.50. The van der Waals surface area contributed by atoms with Crippen molar-refractivity contribution in [2.75, 3.05) is 18.4 Å². The Labute approximate surface area is 122 Å². The number of anilines is 1. The Hall–Kier alpha value is -1.58. The molecule has 1 heterocycles. The Bertz CT molecular complexity index is 416. The minimum atomic E-state index is -0.0502. The number of nitrogens with one attached hydrogen (secondary N) is 2. The fourth-order valence-corrected chi connectivity index (χ4v) is 1.78. The zero-order chi connectivity index (χ0) is 15.0. The molecule has 0 aliphatic heterocycles. The first-order valence-corrected chi connectivity index (χ1v) is 7.47. The van der Waals surface area contributed by atoms with Crippen LogP contribution in [0, 0.1) is 11.8 Å². The van der Waals surface area contributed by atoms with Gasteiger partial charge in [0.1, 0.15) is 5.82 Å². The van der Waals surface area contributed by atoms with E-state index in [2.05, 4.69) is 43.3 Å². The normalized spacial score (nSPS) is 10.9. The molecule has 4 nitrogen and oxygen atoms in total. The van der Waals surface area contributed by atoms with Gasteiger partial charge in [-0.1, -0.05) is 27.7 Å². The molecule has 1 amide bonds. The SMILES string of the molecule is CC(C)CCNC(=O)c1cccnc1NCCC(C)C. The summed E-state index contributed by atoms with van der Waals surface area (Å²) in [6.07, 6.45) is 3.76. The number of rotatable bonds is 8. The molecule has 0 unspecified atom stereocenters. The van der Waals surface area contributed by atoms with E-state index < -0.39 is 0 Å². The number of nitrogens with zero attached hydrogens (tertiary/aromatic N) is 1. The Kier molecular flexibility index (Phi) is 7.05. The van der Waals surface area contributed by atoms with E-state index in [0.29, 0.717) is 29.8 Å².